The van der Waals surface area contributed by atoms with Gasteiger partial charge in [-0.1, -0.05) is 12.1 Å². The van der Waals surface area contributed by atoms with Crippen molar-refractivity contribution in [1.29, 1.82) is 0 Å². The fourth-order valence-corrected chi connectivity index (χ4v) is 4.99. The second-order valence-corrected chi connectivity index (χ2v) is 8.20. The smallest absolute Gasteiger partial charge is 0.222 e. The van der Waals surface area contributed by atoms with Gasteiger partial charge in [-0.25, -0.2) is 0 Å². The maximum absolute atomic E-state index is 12.5. The van der Waals surface area contributed by atoms with Crippen LogP contribution in [0.4, 0.5) is 0 Å². The molecule has 25 heavy (non-hydrogen) atoms. The van der Waals surface area contributed by atoms with E-state index < -0.39 is 0 Å². The number of fused-ring (bicyclic) bond motifs is 1. The molecular formula is C20H25N3OS. The van der Waals surface area contributed by atoms with E-state index in [-0.39, 0.29) is 0 Å². The Bertz CT molecular complexity index is 688. The van der Waals surface area contributed by atoms with Crippen LogP contribution < -0.4 is 0 Å². The summed E-state index contributed by atoms with van der Waals surface area (Å²) in [6.45, 7) is 4.02. The van der Waals surface area contributed by atoms with E-state index in [0.29, 0.717) is 24.3 Å². The molecule has 0 aromatic carbocycles. The van der Waals surface area contributed by atoms with E-state index in [1.807, 2.05) is 18.5 Å². The molecule has 2 atom stereocenters. The Hall–Kier alpha value is -1.72. The molecule has 0 aliphatic carbocycles. The fourth-order valence-electron chi connectivity index (χ4n) is 4.30. The number of aromatic nitrogens is 1. The lowest BCUT2D eigenvalue weighted by atomic mass is 9.83. The van der Waals surface area contributed by atoms with Gasteiger partial charge in [0.1, 0.15) is 0 Å². The number of hydrogen-bond acceptors (Lipinski definition) is 4. The molecule has 4 rings (SSSR count). The first kappa shape index (κ1) is 16.7. The van der Waals surface area contributed by atoms with E-state index in [0.717, 1.165) is 45.4 Å². The third-order valence-corrected chi connectivity index (χ3v) is 6.47. The molecule has 0 bridgehead atoms. The summed E-state index contributed by atoms with van der Waals surface area (Å²) in [7, 11) is 0. The predicted octanol–water partition coefficient (Wildman–Crippen LogP) is 3.20. The lowest BCUT2D eigenvalue weighted by Gasteiger charge is -2.47. The monoisotopic (exact) mass is 355 g/mol. The first-order valence-electron chi connectivity index (χ1n) is 9.23. The number of hydrogen-bond donors (Lipinski definition) is 0. The highest BCUT2D eigenvalue weighted by atomic mass is 32.1. The summed E-state index contributed by atoms with van der Waals surface area (Å²) in [5.74, 6) is 0.977. The van der Waals surface area contributed by atoms with Gasteiger partial charge in [-0.05, 0) is 48.3 Å². The van der Waals surface area contributed by atoms with Gasteiger partial charge in [-0.3, -0.25) is 14.7 Å². The molecule has 0 radical (unpaired) electrons. The molecule has 2 aliphatic rings. The van der Waals surface area contributed by atoms with Crippen molar-refractivity contribution in [2.45, 2.75) is 38.3 Å². The maximum atomic E-state index is 12.5. The van der Waals surface area contributed by atoms with Gasteiger partial charge < -0.3 is 4.90 Å². The number of carbonyl (C=O) groups excluding carboxylic acids is 1. The Morgan fingerprint density at radius 3 is 3.00 bits per heavy atom. The summed E-state index contributed by atoms with van der Waals surface area (Å²) < 4.78 is 0. The fraction of sp³-hybridized carbons (Fsp3) is 0.500. The number of piperidine rings is 2. The van der Waals surface area contributed by atoms with Crippen molar-refractivity contribution in [1.82, 2.24) is 14.8 Å². The van der Waals surface area contributed by atoms with Gasteiger partial charge >= 0.3 is 0 Å². The molecule has 4 heterocycles. The van der Waals surface area contributed by atoms with Gasteiger partial charge in [0.25, 0.3) is 0 Å². The van der Waals surface area contributed by atoms with Crippen LogP contribution in [0.1, 0.15) is 29.7 Å². The van der Waals surface area contributed by atoms with Crippen molar-refractivity contribution >= 4 is 17.2 Å². The van der Waals surface area contributed by atoms with Crippen molar-refractivity contribution in [3.8, 4) is 0 Å². The van der Waals surface area contributed by atoms with Gasteiger partial charge in [0.15, 0.2) is 0 Å². The van der Waals surface area contributed by atoms with Gasteiger partial charge in [-0.15, -0.1) is 11.3 Å². The second-order valence-electron chi connectivity index (χ2n) is 7.17. The number of pyridine rings is 1. The van der Waals surface area contributed by atoms with Crippen LogP contribution >= 0.6 is 11.3 Å². The van der Waals surface area contributed by atoms with E-state index in [2.05, 4.69) is 38.4 Å². The van der Waals surface area contributed by atoms with Crippen LogP contribution in [0.15, 0.2) is 42.0 Å². The highest BCUT2D eigenvalue weighted by Gasteiger charge is 2.38. The minimum atomic E-state index is 0.360. The van der Waals surface area contributed by atoms with Gasteiger partial charge in [0, 0.05) is 55.9 Å². The van der Waals surface area contributed by atoms with Crippen LogP contribution in [0.5, 0.6) is 0 Å². The summed E-state index contributed by atoms with van der Waals surface area (Å²) >= 11 is 1.79. The third kappa shape index (κ3) is 3.93. The Morgan fingerprint density at radius 1 is 1.24 bits per heavy atom. The van der Waals surface area contributed by atoms with Crippen LogP contribution in [-0.2, 0) is 17.8 Å². The zero-order chi connectivity index (χ0) is 17.1. The van der Waals surface area contributed by atoms with E-state index in [1.54, 1.807) is 11.3 Å². The lowest BCUT2D eigenvalue weighted by Crippen LogP contribution is -2.56. The molecule has 0 unspecified atom stereocenters. The third-order valence-electron chi connectivity index (χ3n) is 5.54. The zero-order valence-electron chi connectivity index (χ0n) is 14.5. The molecule has 2 aromatic heterocycles. The average molecular weight is 356 g/mol. The average Bonchev–Trinajstić information content (AvgIpc) is 3.15. The molecule has 4 nitrogen and oxygen atoms in total. The van der Waals surface area contributed by atoms with Gasteiger partial charge in [0.05, 0.1) is 0 Å². The minimum Gasteiger partial charge on any atom is -0.339 e. The highest BCUT2D eigenvalue weighted by molar-refractivity contribution is 7.09. The maximum Gasteiger partial charge on any atom is 0.222 e. The topological polar surface area (TPSA) is 36.4 Å². The molecule has 2 aromatic rings. The Morgan fingerprint density at radius 2 is 2.20 bits per heavy atom. The first-order valence-corrected chi connectivity index (χ1v) is 10.1. The van der Waals surface area contributed by atoms with Crippen LogP contribution in [0.2, 0.25) is 0 Å². The summed E-state index contributed by atoms with van der Waals surface area (Å²) in [5.41, 5.74) is 1.28. The Kier molecular flexibility index (Phi) is 5.13. The molecule has 132 valence electrons. The van der Waals surface area contributed by atoms with Crippen LogP contribution in [-0.4, -0.2) is 46.4 Å². The number of thiophene rings is 1. The second kappa shape index (κ2) is 7.67. The summed E-state index contributed by atoms with van der Waals surface area (Å²) in [6.07, 6.45) is 7.64. The van der Waals surface area contributed by atoms with Crippen LogP contribution in [0.25, 0.3) is 0 Å². The van der Waals surface area contributed by atoms with E-state index in [1.165, 1.54) is 10.4 Å². The number of nitrogens with zero attached hydrogens (tertiary/aromatic N) is 3. The molecule has 0 N–H and O–H groups in total. The normalized spacial score (nSPS) is 24.3. The molecule has 2 aliphatic heterocycles. The molecule has 0 saturated carbocycles. The van der Waals surface area contributed by atoms with Gasteiger partial charge in [-0.2, -0.15) is 0 Å². The van der Waals surface area contributed by atoms with Crippen LogP contribution in [0, 0.1) is 5.92 Å². The highest BCUT2D eigenvalue weighted by Crippen LogP contribution is 2.32. The molecule has 2 saturated heterocycles. The van der Waals surface area contributed by atoms with Crippen molar-refractivity contribution in [3.05, 3.63) is 52.5 Å². The SMILES string of the molecule is O=C1CC[C@@H]2CN(Cc3cccnc3)CC[C@@H]2N1CCc1cccs1. The Labute approximate surface area is 153 Å². The molecule has 2 fully saturated rings. The lowest BCUT2D eigenvalue weighted by molar-refractivity contribution is -0.141. The van der Waals surface area contributed by atoms with Crippen molar-refractivity contribution in [2.75, 3.05) is 19.6 Å². The number of carbonyl (C=O) groups is 1. The molecule has 0 spiro atoms. The predicted molar refractivity (Wildman–Crippen MR) is 100 cm³/mol. The molecule has 5 heteroatoms. The summed E-state index contributed by atoms with van der Waals surface area (Å²) in [5, 5.41) is 2.12. The number of rotatable bonds is 5. The summed E-state index contributed by atoms with van der Waals surface area (Å²) in [6, 6.07) is 8.86. The van der Waals surface area contributed by atoms with Crippen molar-refractivity contribution < 1.29 is 4.79 Å². The Balaban J connectivity index is 1.37. The molecular weight excluding hydrogens is 330 g/mol. The quantitative estimate of drug-likeness (QED) is 0.826. The number of likely N-dealkylation sites (tertiary alicyclic amines) is 2. The largest absolute Gasteiger partial charge is 0.339 e. The summed E-state index contributed by atoms with van der Waals surface area (Å²) in [4.78, 5) is 22.8. The van der Waals surface area contributed by atoms with Crippen molar-refractivity contribution in [2.24, 2.45) is 5.92 Å². The van der Waals surface area contributed by atoms with Gasteiger partial charge in [0.2, 0.25) is 5.91 Å². The van der Waals surface area contributed by atoms with Crippen LogP contribution in [0.3, 0.4) is 0 Å². The molecule has 1 amide bonds. The zero-order valence-corrected chi connectivity index (χ0v) is 15.3. The standard InChI is InChI=1S/C20H25N3OS/c24-20-6-5-17-15-22(14-16-3-1-9-21-13-16)10-8-19(17)23(20)11-7-18-4-2-12-25-18/h1-4,9,12-13,17,19H,5-8,10-11,14-15H2/t17-,19+/m1/s1. The minimum absolute atomic E-state index is 0.360. The van der Waals surface area contributed by atoms with Crippen molar-refractivity contribution in [3.63, 3.8) is 0 Å². The van der Waals surface area contributed by atoms with E-state index in [9.17, 15) is 4.79 Å². The number of amides is 1. The van der Waals surface area contributed by atoms with E-state index >= 15 is 0 Å². The first-order chi connectivity index (χ1) is 12.3. The van der Waals surface area contributed by atoms with E-state index in [4.69, 9.17) is 0 Å².